The fraction of sp³-hybridized carbons (Fsp3) is 0.250. The summed E-state index contributed by atoms with van der Waals surface area (Å²) in [5.74, 6) is 0.0352. The molecule has 2 heterocycles. The number of nitrogens with zero attached hydrogens (tertiary/aromatic N) is 4. The van der Waals surface area contributed by atoms with Crippen LogP contribution in [0.15, 0.2) is 48.8 Å². The molecule has 0 spiro atoms. The molecule has 1 aliphatic carbocycles. The molecule has 5 rings (SSSR count). The van der Waals surface area contributed by atoms with Crippen LogP contribution in [-0.2, 0) is 6.54 Å². The summed E-state index contributed by atoms with van der Waals surface area (Å²) in [4.78, 5) is 20.5. The Labute approximate surface area is 185 Å². The summed E-state index contributed by atoms with van der Waals surface area (Å²) >= 11 is 0. The SMILES string of the molecule is Cc1cccc(C)c1CNc1ccc2nc(-n3cc(C(=O)O)cn3)nc(NC3CC3)c2c1. The zero-order valence-corrected chi connectivity index (χ0v) is 18.0. The number of carboxylic acids is 1. The van der Waals surface area contributed by atoms with Crippen molar-refractivity contribution in [2.75, 3.05) is 10.6 Å². The first-order valence-electron chi connectivity index (χ1n) is 10.6. The highest BCUT2D eigenvalue weighted by atomic mass is 16.4. The maximum absolute atomic E-state index is 11.2. The third kappa shape index (κ3) is 3.99. The Kier molecular flexibility index (Phi) is 4.97. The van der Waals surface area contributed by atoms with Gasteiger partial charge in [0.2, 0.25) is 0 Å². The minimum Gasteiger partial charge on any atom is -0.478 e. The number of anilines is 2. The van der Waals surface area contributed by atoms with Gasteiger partial charge in [0.1, 0.15) is 5.82 Å². The third-order valence-corrected chi connectivity index (χ3v) is 5.75. The molecule has 2 aromatic heterocycles. The molecule has 0 aliphatic heterocycles. The maximum atomic E-state index is 11.2. The van der Waals surface area contributed by atoms with Gasteiger partial charge in [0.15, 0.2) is 0 Å². The molecule has 32 heavy (non-hydrogen) atoms. The number of hydrogen-bond donors (Lipinski definition) is 3. The van der Waals surface area contributed by atoms with Crippen LogP contribution < -0.4 is 10.6 Å². The van der Waals surface area contributed by atoms with Gasteiger partial charge in [-0.1, -0.05) is 18.2 Å². The minimum absolute atomic E-state index is 0.0939. The van der Waals surface area contributed by atoms with Gasteiger partial charge in [-0.3, -0.25) is 0 Å². The Morgan fingerprint density at radius 3 is 2.62 bits per heavy atom. The van der Waals surface area contributed by atoms with Crippen LogP contribution in [0.3, 0.4) is 0 Å². The highest BCUT2D eigenvalue weighted by Crippen LogP contribution is 2.30. The summed E-state index contributed by atoms with van der Waals surface area (Å²) in [5.41, 5.74) is 5.68. The van der Waals surface area contributed by atoms with E-state index in [1.807, 2.05) is 12.1 Å². The first-order valence-corrected chi connectivity index (χ1v) is 10.6. The molecule has 1 saturated carbocycles. The van der Waals surface area contributed by atoms with E-state index in [9.17, 15) is 9.90 Å². The second-order valence-corrected chi connectivity index (χ2v) is 8.23. The second-order valence-electron chi connectivity index (χ2n) is 8.23. The molecule has 0 radical (unpaired) electrons. The van der Waals surface area contributed by atoms with Crippen molar-refractivity contribution in [1.82, 2.24) is 19.7 Å². The van der Waals surface area contributed by atoms with E-state index in [4.69, 9.17) is 0 Å². The average Bonchev–Trinajstić information content (AvgIpc) is 3.44. The quantitative estimate of drug-likeness (QED) is 0.403. The van der Waals surface area contributed by atoms with E-state index >= 15 is 0 Å². The predicted octanol–water partition coefficient (Wildman–Crippen LogP) is 4.32. The lowest BCUT2D eigenvalue weighted by molar-refractivity contribution is 0.0697. The van der Waals surface area contributed by atoms with E-state index in [1.165, 1.54) is 33.8 Å². The van der Waals surface area contributed by atoms with E-state index < -0.39 is 5.97 Å². The lowest BCUT2D eigenvalue weighted by Crippen LogP contribution is -2.09. The van der Waals surface area contributed by atoms with Gasteiger partial charge in [-0.25, -0.2) is 14.5 Å². The van der Waals surface area contributed by atoms with Gasteiger partial charge >= 0.3 is 5.97 Å². The molecule has 0 amide bonds. The zero-order chi connectivity index (χ0) is 22.2. The smallest absolute Gasteiger partial charge is 0.338 e. The minimum atomic E-state index is -1.03. The lowest BCUT2D eigenvalue weighted by atomic mass is 10.0. The molecule has 4 aromatic rings. The van der Waals surface area contributed by atoms with Crippen molar-refractivity contribution >= 4 is 28.4 Å². The van der Waals surface area contributed by atoms with Crippen LogP contribution in [0.1, 0.15) is 39.9 Å². The largest absolute Gasteiger partial charge is 0.478 e. The molecule has 0 unspecified atom stereocenters. The highest BCUT2D eigenvalue weighted by molar-refractivity contribution is 5.92. The molecule has 0 bridgehead atoms. The van der Waals surface area contributed by atoms with Crippen molar-refractivity contribution in [1.29, 1.82) is 0 Å². The van der Waals surface area contributed by atoms with Crippen LogP contribution in [-0.4, -0.2) is 36.9 Å². The predicted molar refractivity (Wildman–Crippen MR) is 124 cm³/mol. The number of aromatic nitrogens is 4. The van der Waals surface area contributed by atoms with Crippen molar-refractivity contribution in [3.05, 3.63) is 71.0 Å². The standard InChI is InChI=1S/C24H24N6O2/c1-14-4-3-5-15(2)20(14)12-25-18-8-9-21-19(10-18)22(27-17-6-7-17)29-24(28-21)30-13-16(11-26-30)23(31)32/h3-5,8-11,13,17,25H,6-7,12H2,1-2H3,(H,31,32)(H,27,28,29). The van der Waals surface area contributed by atoms with E-state index in [2.05, 4.69) is 63.8 Å². The van der Waals surface area contributed by atoms with E-state index in [0.717, 1.165) is 41.8 Å². The van der Waals surface area contributed by atoms with Crippen molar-refractivity contribution in [2.45, 2.75) is 39.3 Å². The molecule has 1 aliphatic rings. The Hall–Kier alpha value is -3.94. The monoisotopic (exact) mass is 428 g/mol. The third-order valence-electron chi connectivity index (χ3n) is 5.75. The molecule has 8 nitrogen and oxygen atoms in total. The molecule has 1 fully saturated rings. The number of rotatable bonds is 7. The number of fused-ring (bicyclic) bond motifs is 1. The van der Waals surface area contributed by atoms with Crippen LogP contribution in [0.2, 0.25) is 0 Å². The summed E-state index contributed by atoms with van der Waals surface area (Å²) in [7, 11) is 0. The molecule has 3 N–H and O–H groups in total. The van der Waals surface area contributed by atoms with E-state index in [0.29, 0.717) is 12.0 Å². The number of nitrogens with one attached hydrogen (secondary N) is 2. The number of benzene rings is 2. The molecule has 162 valence electrons. The number of aryl methyl sites for hydroxylation is 2. The van der Waals surface area contributed by atoms with Crippen molar-refractivity contribution < 1.29 is 9.90 Å². The molecular weight excluding hydrogens is 404 g/mol. The summed E-state index contributed by atoms with van der Waals surface area (Å²) in [6, 6.07) is 12.7. The Balaban J connectivity index is 1.49. The van der Waals surface area contributed by atoms with Crippen molar-refractivity contribution in [2.24, 2.45) is 0 Å². The van der Waals surface area contributed by atoms with Gasteiger partial charge < -0.3 is 15.7 Å². The van der Waals surface area contributed by atoms with Gasteiger partial charge in [0, 0.05) is 29.9 Å². The number of hydrogen-bond acceptors (Lipinski definition) is 6. The van der Waals surface area contributed by atoms with Crippen molar-refractivity contribution in [3.63, 3.8) is 0 Å². The second kappa shape index (κ2) is 7.96. The summed E-state index contributed by atoms with van der Waals surface area (Å²) in [6.07, 6.45) is 4.93. The summed E-state index contributed by atoms with van der Waals surface area (Å²) < 4.78 is 1.40. The molecule has 8 heteroatoms. The first-order chi connectivity index (χ1) is 15.5. The number of aromatic carboxylic acids is 1. The lowest BCUT2D eigenvalue weighted by Gasteiger charge is -2.14. The Bertz CT molecular complexity index is 1310. The Morgan fingerprint density at radius 2 is 1.94 bits per heavy atom. The van der Waals surface area contributed by atoms with Crippen LogP contribution in [0.4, 0.5) is 11.5 Å². The van der Waals surface area contributed by atoms with Gasteiger partial charge in [-0.2, -0.15) is 10.1 Å². The molecule has 2 aromatic carbocycles. The van der Waals surface area contributed by atoms with Crippen LogP contribution in [0.5, 0.6) is 0 Å². The average molecular weight is 428 g/mol. The normalized spacial score (nSPS) is 13.3. The van der Waals surface area contributed by atoms with E-state index in [1.54, 1.807) is 0 Å². The Morgan fingerprint density at radius 1 is 1.16 bits per heavy atom. The summed E-state index contributed by atoms with van der Waals surface area (Å²) in [6.45, 7) is 4.99. The van der Waals surface area contributed by atoms with E-state index in [-0.39, 0.29) is 5.56 Å². The van der Waals surface area contributed by atoms with Crippen LogP contribution in [0, 0.1) is 13.8 Å². The number of carboxylic acid groups (broad SMARTS) is 1. The summed E-state index contributed by atoms with van der Waals surface area (Å²) in [5, 5.41) is 21.2. The highest BCUT2D eigenvalue weighted by Gasteiger charge is 2.23. The fourth-order valence-corrected chi connectivity index (χ4v) is 3.72. The van der Waals surface area contributed by atoms with Gasteiger partial charge in [-0.15, -0.1) is 0 Å². The van der Waals surface area contributed by atoms with Crippen LogP contribution >= 0.6 is 0 Å². The van der Waals surface area contributed by atoms with Gasteiger partial charge in [-0.05, 0) is 61.6 Å². The molecule has 0 atom stereocenters. The van der Waals surface area contributed by atoms with Gasteiger partial charge in [0.25, 0.3) is 5.95 Å². The maximum Gasteiger partial charge on any atom is 0.338 e. The topological polar surface area (TPSA) is 105 Å². The first kappa shape index (κ1) is 20.0. The fourth-order valence-electron chi connectivity index (χ4n) is 3.72. The number of carbonyl (C=O) groups is 1. The molecular formula is C24H24N6O2. The molecule has 0 saturated heterocycles. The van der Waals surface area contributed by atoms with Crippen molar-refractivity contribution in [3.8, 4) is 5.95 Å². The van der Waals surface area contributed by atoms with Crippen LogP contribution in [0.25, 0.3) is 16.9 Å². The van der Waals surface area contributed by atoms with Gasteiger partial charge in [0.05, 0.1) is 17.3 Å². The zero-order valence-electron chi connectivity index (χ0n) is 18.0.